The van der Waals surface area contributed by atoms with Gasteiger partial charge in [0.05, 0.1) is 24.6 Å². The van der Waals surface area contributed by atoms with Crippen LogP contribution in [0.15, 0.2) is 35.6 Å². The molecule has 1 aliphatic carbocycles. The van der Waals surface area contributed by atoms with E-state index in [-0.39, 0.29) is 13.2 Å². The van der Waals surface area contributed by atoms with Crippen molar-refractivity contribution in [2.75, 3.05) is 38.2 Å². The smallest absolute Gasteiger partial charge is 0.223 e. The van der Waals surface area contributed by atoms with Crippen molar-refractivity contribution < 1.29 is 4.74 Å². The molecule has 1 aliphatic heterocycles. The predicted octanol–water partition coefficient (Wildman–Crippen LogP) is 2.87. The second-order valence-electron chi connectivity index (χ2n) is 8.04. The third-order valence-corrected chi connectivity index (χ3v) is 5.71. The van der Waals surface area contributed by atoms with Gasteiger partial charge in [-0.25, -0.2) is 15.5 Å². The van der Waals surface area contributed by atoms with E-state index in [0.717, 1.165) is 57.0 Å². The van der Waals surface area contributed by atoms with Crippen molar-refractivity contribution in [1.29, 1.82) is 10.9 Å². The third-order valence-electron chi connectivity index (χ3n) is 5.71. The average molecular weight is 408 g/mol. The van der Waals surface area contributed by atoms with Crippen LogP contribution >= 0.6 is 0 Å². The Morgan fingerprint density at radius 3 is 2.80 bits per heavy atom. The van der Waals surface area contributed by atoms with Gasteiger partial charge in [0, 0.05) is 50.5 Å². The molecule has 2 aromatic rings. The van der Waals surface area contributed by atoms with Crippen LogP contribution < -0.4 is 5.32 Å². The van der Waals surface area contributed by atoms with Gasteiger partial charge in [-0.2, -0.15) is 5.11 Å². The Balaban J connectivity index is 1.22. The summed E-state index contributed by atoms with van der Waals surface area (Å²) >= 11 is 0. The molecule has 0 fully saturated rings. The van der Waals surface area contributed by atoms with Gasteiger partial charge in [-0.3, -0.25) is 4.90 Å². The Labute approximate surface area is 177 Å². The van der Waals surface area contributed by atoms with Crippen LogP contribution in [0, 0.1) is 10.9 Å². The third kappa shape index (κ3) is 5.25. The zero-order chi connectivity index (χ0) is 20.8. The lowest BCUT2D eigenvalue weighted by molar-refractivity contribution is 0.147. The van der Waals surface area contributed by atoms with E-state index in [2.05, 4.69) is 44.6 Å². The van der Waals surface area contributed by atoms with E-state index in [1.165, 1.54) is 16.7 Å². The van der Waals surface area contributed by atoms with Crippen LogP contribution in [-0.2, 0) is 30.5 Å². The van der Waals surface area contributed by atoms with Crippen molar-refractivity contribution in [2.24, 2.45) is 5.11 Å². The molecule has 0 spiro atoms. The first-order valence-electron chi connectivity index (χ1n) is 10.6. The lowest BCUT2D eigenvalue weighted by Crippen LogP contribution is -2.33. The number of rotatable bonds is 10. The Morgan fingerprint density at radius 1 is 1.23 bits per heavy atom. The van der Waals surface area contributed by atoms with Crippen LogP contribution in [0.3, 0.4) is 0 Å². The number of nitrogens with one attached hydrogen (secondary N) is 3. The number of fused-ring (bicyclic) bond motifs is 2. The van der Waals surface area contributed by atoms with Gasteiger partial charge >= 0.3 is 0 Å². The zero-order valence-electron chi connectivity index (χ0n) is 17.2. The summed E-state index contributed by atoms with van der Waals surface area (Å²) in [4.78, 5) is 11.8. The highest BCUT2D eigenvalue weighted by Crippen LogP contribution is 2.24. The fourth-order valence-corrected chi connectivity index (χ4v) is 4.21. The number of benzene rings is 1. The van der Waals surface area contributed by atoms with Gasteiger partial charge in [-0.1, -0.05) is 24.3 Å². The molecule has 2 aliphatic rings. The highest BCUT2D eigenvalue weighted by Gasteiger charge is 2.23. The van der Waals surface area contributed by atoms with E-state index in [1.807, 2.05) is 6.20 Å². The van der Waals surface area contributed by atoms with Crippen molar-refractivity contribution in [3.63, 3.8) is 0 Å². The van der Waals surface area contributed by atoms with Gasteiger partial charge in [0.15, 0.2) is 0 Å². The van der Waals surface area contributed by atoms with Crippen LogP contribution in [0.25, 0.3) is 0 Å². The van der Waals surface area contributed by atoms with E-state index in [9.17, 15) is 0 Å². The number of hydrogen-bond donors (Lipinski definition) is 3. The maximum Gasteiger partial charge on any atom is 0.223 e. The summed E-state index contributed by atoms with van der Waals surface area (Å²) in [6, 6.07) is 9.01. The minimum atomic E-state index is 0.132. The molecule has 30 heavy (non-hydrogen) atoms. The number of nitrogens with zero attached hydrogens (tertiary/aromatic N) is 4. The van der Waals surface area contributed by atoms with E-state index in [1.54, 1.807) is 0 Å². The van der Waals surface area contributed by atoms with E-state index < -0.39 is 0 Å². The van der Waals surface area contributed by atoms with Crippen molar-refractivity contribution in [3.05, 3.63) is 52.8 Å². The molecule has 0 saturated carbocycles. The van der Waals surface area contributed by atoms with E-state index >= 15 is 0 Å². The van der Waals surface area contributed by atoms with Gasteiger partial charge in [0.25, 0.3) is 0 Å². The predicted molar refractivity (Wildman–Crippen MR) is 115 cm³/mol. The summed E-state index contributed by atoms with van der Waals surface area (Å²) in [7, 11) is 0. The van der Waals surface area contributed by atoms with Crippen LogP contribution in [0.2, 0.25) is 0 Å². The van der Waals surface area contributed by atoms with Crippen LogP contribution in [0.4, 0.5) is 5.95 Å². The van der Waals surface area contributed by atoms with Crippen molar-refractivity contribution in [1.82, 2.24) is 14.9 Å². The first kappa shape index (κ1) is 20.6. The summed E-state index contributed by atoms with van der Waals surface area (Å²) in [5.74, 6) is 0.746. The largest absolute Gasteiger partial charge is 0.375 e. The monoisotopic (exact) mass is 407 g/mol. The molecule has 8 heteroatoms. The van der Waals surface area contributed by atoms with Gasteiger partial charge in [0.1, 0.15) is 0 Å². The number of anilines is 1. The highest BCUT2D eigenvalue weighted by atomic mass is 16.5. The second kappa shape index (κ2) is 9.86. The molecule has 0 saturated heterocycles. The SMILES string of the molecule is N=NCC(=N)COCCCN1CCc2nc(NC3Cc4ccccc4C3)ncc2C1. The molecule has 0 amide bonds. The molecular formula is C22H29N7O. The van der Waals surface area contributed by atoms with Crippen LogP contribution in [0.5, 0.6) is 0 Å². The molecule has 0 unspecified atom stereocenters. The summed E-state index contributed by atoms with van der Waals surface area (Å²) in [6.45, 7) is 3.83. The fourth-order valence-electron chi connectivity index (χ4n) is 4.21. The molecule has 1 aromatic carbocycles. The maximum atomic E-state index is 7.55. The molecule has 4 rings (SSSR count). The zero-order valence-corrected chi connectivity index (χ0v) is 17.2. The van der Waals surface area contributed by atoms with Gasteiger partial charge in [-0.15, -0.1) is 0 Å². The molecule has 2 heterocycles. The van der Waals surface area contributed by atoms with E-state index in [4.69, 9.17) is 20.7 Å². The summed E-state index contributed by atoms with van der Waals surface area (Å²) in [6.07, 6.45) is 5.89. The molecule has 0 atom stereocenters. The average Bonchev–Trinajstić information content (AvgIpc) is 3.16. The molecule has 1 aromatic heterocycles. The summed E-state index contributed by atoms with van der Waals surface area (Å²) in [5, 5.41) is 14.3. The first-order chi connectivity index (χ1) is 14.7. The summed E-state index contributed by atoms with van der Waals surface area (Å²) in [5.41, 5.74) is 12.3. The Hall–Kier alpha value is -2.71. The normalized spacial score (nSPS) is 16.1. The molecule has 0 radical (unpaired) electrons. The fraction of sp³-hybridized carbons (Fsp3) is 0.500. The van der Waals surface area contributed by atoms with Crippen molar-refractivity contribution >= 4 is 11.7 Å². The highest BCUT2D eigenvalue weighted by molar-refractivity contribution is 5.84. The van der Waals surface area contributed by atoms with Crippen LogP contribution in [0.1, 0.15) is 28.8 Å². The molecule has 0 bridgehead atoms. The minimum Gasteiger partial charge on any atom is -0.375 e. The van der Waals surface area contributed by atoms with E-state index in [0.29, 0.717) is 18.4 Å². The second-order valence-corrected chi connectivity index (χ2v) is 8.04. The Bertz CT molecular complexity index is 876. The van der Waals surface area contributed by atoms with Crippen LogP contribution in [-0.4, -0.2) is 59.5 Å². The first-order valence-corrected chi connectivity index (χ1v) is 10.6. The molecular weight excluding hydrogens is 378 g/mol. The maximum absolute atomic E-state index is 7.55. The number of hydrogen-bond acceptors (Lipinski definition) is 8. The Morgan fingerprint density at radius 2 is 2.03 bits per heavy atom. The Kier molecular flexibility index (Phi) is 6.76. The molecule has 3 N–H and O–H groups in total. The number of ether oxygens (including phenoxy) is 1. The standard InChI is InChI=1S/C22H29N7O/c23-19(13-26-24)15-30-9-3-7-29-8-6-21-18(14-29)12-25-22(28-21)27-20-10-16-4-1-2-5-17(16)11-20/h1-2,4-5,12,20,23-24H,3,6-11,13-15H2,(H,25,27,28). The lowest BCUT2D eigenvalue weighted by Gasteiger charge is -2.28. The van der Waals surface area contributed by atoms with Crippen molar-refractivity contribution in [2.45, 2.75) is 38.3 Å². The quantitative estimate of drug-likeness (QED) is 0.319. The topological polar surface area (TPSA) is 110 Å². The van der Waals surface area contributed by atoms with Gasteiger partial charge < -0.3 is 15.5 Å². The van der Waals surface area contributed by atoms with Crippen molar-refractivity contribution in [3.8, 4) is 0 Å². The summed E-state index contributed by atoms with van der Waals surface area (Å²) < 4.78 is 5.48. The molecule has 8 nitrogen and oxygen atoms in total. The molecule has 158 valence electrons. The number of aromatic nitrogens is 2. The lowest BCUT2D eigenvalue weighted by atomic mass is 10.1. The van der Waals surface area contributed by atoms with Gasteiger partial charge in [-0.05, 0) is 30.4 Å². The minimum absolute atomic E-state index is 0.132. The van der Waals surface area contributed by atoms with Gasteiger partial charge in [0.2, 0.25) is 5.95 Å².